The van der Waals surface area contributed by atoms with Crippen LogP contribution in [0.15, 0.2) is 48.5 Å². The molecular weight excluding hydrogens is 365 g/mol. The third-order valence-corrected chi connectivity index (χ3v) is 3.99. The molecule has 0 atom stereocenters. The number of halogens is 3. The molecule has 2 aromatic carbocycles. The Morgan fingerprint density at radius 3 is 2.58 bits per heavy atom. The van der Waals surface area contributed by atoms with Gasteiger partial charge >= 0.3 is 6.18 Å². The molecule has 1 heterocycles. The Balaban J connectivity index is 1.82. The number of alkyl halides is 3. The third-order valence-electron chi connectivity index (χ3n) is 3.71. The number of hydrogen-bond donors (Lipinski definition) is 2. The van der Waals surface area contributed by atoms with Crippen LogP contribution in [-0.2, 0) is 12.7 Å². The van der Waals surface area contributed by atoms with Gasteiger partial charge in [-0.2, -0.15) is 18.3 Å². The predicted molar refractivity (Wildman–Crippen MR) is 94.1 cm³/mol. The molecule has 0 saturated heterocycles. The highest BCUT2D eigenvalue weighted by Crippen LogP contribution is 2.30. The van der Waals surface area contributed by atoms with Crippen LogP contribution in [0.4, 0.5) is 18.9 Å². The molecule has 0 fully saturated rings. The SMILES string of the molecule is COc1ccc(-n2c(CNc3cccc(C(F)(F)F)c3)n[nH]c2=S)cc1. The van der Waals surface area contributed by atoms with Crippen LogP contribution in [0.2, 0.25) is 0 Å². The number of aromatic nitrogens is 3. The zero-order valence-electron chi connectivity index (χ0n) is 13.7. The van der Waals surface area contributed by atoms with Crippen molar-refractivity contribution in [3.63, 3.8) is 0 Å². The fraction of sp³-hybridized carbons (Fsp3) is 0.176. The summed E-state index contributed by atoms with van der Waals surface area (Å²) in [6.45, 7) is 0.195. The molecule has 0 radical (unpaired) electrons. The number of methoxy groups -OCH3 is 1. The second-order valence-corrected chi connectivity index (χ2v) is 5.80. The van der Waals surface area contributed by atoms with Crippen LogP contribution in [0.25, 0.3) is 5.69 Å². The molecule has 0 unspecified atom stereocenters. The summed E-state index contributed by atoms with van der Waals surface area (Å²) in [7, 11) is 1.57. The van der Waals surface area contributed by atoms with E-state index in [4.69, 9.17) is 17.0 Å². The molecule has 136 valence electrons. The first-order chi connectivity index (χ1) is 12.4. The Morgan fingerprint density at radius 1 is 1.19 bits per heavy atom. The van der Waals surface area contributed by atoms with E-state index >= 15 is 0 Å². The summed E-state index contributed by atoms with van der Waals surface area (Å²) in [5.74, 6) is 1.24. The number of nitrogens with one attached hydrogen (secondary N) is 2. The molecule has 0 bridgehead atoms. The summed E-state index contributed by atoms with van der Waals surface area (Å²) >= 11 is 5.25. The lowest BCUT2D eigenvalue weighted by Gasteiger charge is -2.11. The average molecular weight is 380 g/mol. The van der Waals surface area contributed by atoms with Crippen molar-refractivity contribution in [2.45, 2.75) is 12.7 Å². The Morgan fingerprint density at radius 2 is 1.92 bits per heavy atom. The minimum atomic E-state index is -4.39. The van der Waals surface area contributed by atoms with Gasteiger partial charge in [0, 0.05) is 11.4 Å². The molecule has 0 saturated carbocycles. The van der Waals surface area contributed by atoms with Crippen molar-refractivity contribution in [3.8, 4) is 11.4 Å². The quantitative estimate of drug-likeness (QED) is 0.637. The summed E-state index contributed by atoms with van der Waals surface area (Å²) in [6.07, 6.45) is -4.39. The molecule has 26 heavy (non-hydrogen) atoms. The van der Waals surface area contributed by atoms with Crippen LogP contribution in [0, 0.1) is 4.77 Å². The van der Waals surface area contributed by atoms with Gasteiger partial charge in [-0.3, -0.25) is 9.67 Å². The second kappa shape index (κ2) is 7.20. The summed E-state index contributed by atoms with van der Waals surface area (Å²) in [5, 5.41) is 9.80. The Bertz CT molecular complexity index is 948. The van der Waals surface area contributed by atoms with E-state index in [0.29, 0.717) is 22.0 Å². The largest absolute Gasteiger partial charge is 0.497 e. The van der Waals surface area contributed by atoms with E-state index in [1.54, 1.807) is 29.9 Å². The van der Waals surface area contributed by atoms with Crippen molar-refractivity contribution in [1.29, 1.82) is 0 Å². The number of H-pyrrole nitrogens is 1. The molecule has 5 nitrogen and oxygen atoms in total. The van der Waals surface area contributed by atoms with Crippen molar-refractivity contribution in [1.82, 2.24) is 14.8 Å². The standard InChI is InChI=1S/C17H15F3N4OS/c1-25-14-7-5-13(6-8-14)24-15(22-23-16(24)26)10-21-12-4-2-3-11(9-12)17(18,19)20/h2-9,21H,10H2,1H3,(H,23,26). The van der Waals surface area contributed by atoms with Gasteiger partial charge in [-0.15, -0.1) is 0 Å². The molecular formula is C17H15F3N4OS. The summed E-state index contributed by atoms with van der Waals surface area (Å²) in [4.78, 5) is 0. The number of nitrogens with zero attached hydrogens (tertiary/aromatic N) is 2. The van der Waals surface area contributed by atoms with Crippen LogP contribution in [0.3, 0.4) is 0 Å². The molecule has 0 amide bonds. The normalized spacial score (nSPS) is 11.4. The van der Waals surface area contributed by atoms with Gasteiger partial charge in [0.25, 0.3) is 0 Å². The Labute approximate surface area is 152 Å². The Hall–Kier alpha value is -2.81. The summed E-state index contributed by atoms with van der Waals surface area (Å²) < 4.78 is 45.6. The first-order valence-electron chi connectivity index (χ1n) is 7.60. The lowest BCUT2D eigenvalue weighted by Crippen LogP contribution is -2.09. The lowest BCUT2D eigenvalue weighted by molar-refractivity contribution is -0.137. The first kappa shape index (κ1) is 18.0. The molecule has 0 aliphatic carbocycles. The maximum absolute atomic E-state index is 12.8. The predicted octanol–water partition coefficient (Wildman–Crippen LogP) is 4.57. The molecule has 3 rings (SSSR count). The fourth-order valence-corrected chi connectivity index (χ4v) is 2.69. The number of hydrogen-bond acceptors (Lipinski definition) is 4. The lowest BCUT2D eigenvalue weighted by atomic mass is 10.2. The van der Waals surface area contributed by atoms with Crippen molar-refractivity contribution < 1.29 is 17.9 Å². The van der Waals surface area contributed by atoms with Gasteiger partial charge in [0.15, 0.2) is 10.6 Å². The zero-order valence-corrected chi connectivity index (χ0v) is 14.5. The van der Waals surface area contributed by atoms with Crippen LogP contribution in [0.1, 0.15) is 11.4 Å². The maximum atomic E-state index is 12.8. The van der Waals surface area contributed by atoms with E-state index in [1.807, 2.05) is 12.1 Å². The van der Waals surface area contributed by atoms with E-state index in [9.17, 15) is 13.2 Å². The van der Waals surface area contributed by atoms with E-state index in [-0.39, 0.29) is 6.54 Å². The maximum Gasteiger partial charge on any atom is 0.416 e. The van der Waals surface area contributed by atoms with Crippen molar-refractivity contribution >= 4 is 17.9 Å². The molecule has 1 aromatic heterocycles. The van der Waals surface area contributed by atoms with Gasteiger partial charge in [-0.25, -0.2) is 0 Å². The van der Waals surface area contributed by atoms with Crippen LogP contribution < -0.4 is 10.1 Å². The topological polar surface area (TPSA) is 54.9 Å². The van der Waals surface area contributed by atoms with E-state index in [1.165, 1.54) is 6.07 Å². The zero-order chi connectivity index (χ0) is 18.7. The van der Waals surface area contributed by atoms with E-state index < -0.39 is 11.7 Å². The van der Waals surface area contributed by atoms with Gasteiger partial charge in [-0.05, 0) is 54.7 Å². The number of anilines is 1. The number of aromatic amines is 1. The molecule has 0 aliphatic heterocycles. The van der Waals surface area contributed by atoms with Crippen LogP contribution >= 0.6 is 12.2 Å². The highest BCUT2D eigenvalue weighted by Gasteiger charge is 2.30. The number of ether oxygens (including phenoxy) is 1. The van der Waals surface area contributed by atoms with Crippen molar-refractivity contribution in [2.75, 3.05) is 12.4 Å². The highest BCUT2D eigenvalue weighted by atomic mass is 32.1. The number of rotatable bonds is 5. The van der Waals surface area contributed by atoms with Crippen molar-refractivity contribution in [3.05, 3.63) is 64.7 Å². The minimum absolute atomic E-state index is 0.195. The smallest absolute Gasteiger partial charge is 0.416 e. The third kappa shape index (κ3) is 3.88. The van der Waals surface area contributed by atoms with Gasteiger partial charge in [0.2, 0.25) is 0 Å². The average Bonchev–Trinajstić information content (AvgIpc) is 3.00. The van der Waals surface area contributed by atoms with Gasteiger partial charge in [0.05, 0.1) is 19.2 Å². The number of benzene rings is 2. The van der Waals surface area contributed by atoms with Gasteiger partial charge in [-0.1, -0.05) is 6.07 Å². The molecule has 9 heteroatoms. The fourth-order valence-electron chi connectivity index (χ4n) is 2.43. The van der Waals surface area contributed by atoms with Crippen LogP contribution in [-0.4, -0.2) is 21.9 Å². The molecule has 0 spiro atoms. The molecule has 0 aliphatic rings. The monoisotopic (exact) mass is 380 g/mol. The summed E-state index contributed by atoms with van der Waals surface area (Å²) in [5.41, 5.74) is 0.400. The van der Waals surface area contributed by atoms with Crippen molar-refractivity contribution in [2.24, 2.45) is 0 Å². The molecule has 2 N–H and O–H groups in total. The van der Waals surface area contributed by atoms with Gasteiger partial charge in [0.1, 0.15) is 5.75 Å². The van der Waals surface area contributed by atoms with Crippen LogP contribution in [0.5, 0.6) is 5.75 Å². The molecule has 3 aromatic rings. The second-order valence-electron chi connectivity index (χ2n) is 5.41. The van der Waals surface area contributed by atoms with Gasteiger partial charge < -0.3 is 10.1 Å². The highest BCUT2D eigenvalue weighted by molar-refractivity contribution is 7.71. The first-order valence-corrected chi connectivity index (χ1v) is 8.01. The summed E-state index contributed by atoms with van der Waals surface area (Å²) in [6, 6.07) is 12.2. The minimum Gasteiger partial charge on any atom is -0.497 e. The van der Waals surface area contributed by atoms with E-state index in [0.717, 1.165) is 17.8 Å². The van der Waals surface area contributed by atoms with E-state index in [2.05, 4.69) is 15.5 Å². The Kier molecular flexibility index (Phi) is 4.99.